The Morgan fingerprint density at radius 3 is 2.08 bits per heavy atom. The van der Waals surface area contributed by atoms with Gasteiger partial charge in [-0.2, -0.15) is 5.26 Å². The molecule has 0 fully saturated rings. The summed E-state index contributed by atoms with van der Waals surface area (Å²) in [4.78, 5) is 4.50. The van der Waals surface area contributed by atoms with E-state index in [9.17, 15) is 5.26 Å². The van der Waals surface area contributed by atoms with Crippen molar-refractivity contribution in [3.8, 4) is 45.7 Å². The van der Waals surface area contributed by atoms with Crippen LogP contribution in [0.25, 0.3) is 22.4 Å². The molecule has 0 atom stereocenters. The molecule has 5 rings (SSSR count). The summed E-state index contributed by atoms with van der Waals surface area (Å²) in [6.07, 6.45) is 0. The number of anilines is 1. The highest BCUT2D eigenvalue weighted by Gasteiger charge is 2.14. The highest BCUT2D eigenvalue weighted by atomic mass is 16.5. The van der Waals surface area contributed by atoms with Gasteiger partial charge in [-0.25, -0.2) is 4.98 Å². The SMILES string of the molecule is N#Cc1c(-c2cccc(OCc3ccccc3)c2)cc(-c2ccc(Oc3ccccc3)cc2)nc1N. The Bertz CT molecular complexity index is 1510. The molecule has 174 valence electrons. The molecule has 1 aromatic heterocycles. The molecular weight excluding hydrogens is 446 g/mol. The highest BCUT2D eigenvalue weighted by Crippen LogP contribution is 2.34. The summed E-state index contributed by atoms with van der Waals surface area (Å²) in [6.45, 7) is 0.455. The maximum Gasteiger partial charge on any atom is 0.142 e. The van der Waals surface area contributed by atoms with Gasteiger partial charge in [-0.15, -0.1) is 0 Å². The molecule has 0 saturated carbocycles. The van der Waals surface area contributed by atoms with E-state index < -0.39 is 0 Å². The quantitative estimate of drug-likeness (QED) is 0.272. The molecule has 0 bridgehead atoms. The van der Waals surface area contributed by atoms with Crippen molar-refractivity contribution >= 4 is 5.82 Å². The number of nitrogens with two attached hydrogens (primary N) is 1. The van der Waals surface area contributed by atoms with Crippen LogP contribution >= 0.6 is 0 Å². The number of nitriles is 1. The average molecular weight is 470 g/mol. The lowest BCUT2D eigenvalue weighted by Crippen LogP contribution is -2.00. The van der Waals surface area contributed by atoms with Gasteiger partial charge in [0, 0.05) is 11.1 Å². The number of ether oxygens (including phenoxy) is 2. The van der Waals surface area contributed by atoms with Crippen LogP contribution in [0.2, 0.25) is 0 Å². The van der Waals surface area contributed by atoms with Gasteiger partial charge in [0.1, 0.15) is 41.3 Å². The first-order valence-corrected chi connectivity index (χ1v) is 11.5. The van der Waals surface area contributed by atoms with E-state index in [1.807, 2.05) is 115 Å². The topological polar surface area (TPSA) is 81.2 Å². The summed E-state index contributed by atoms with van der Waals surface area (Å²) < 4.78 is 11.9. The second-order valence-corrected chi connectivity index (χ2v) is 8.17. The smallest absolute Gasteiger partial charge is 0.142 e. The van der Waals surface area contributed by atoms with Crippen molar-refractivity contribution in [3.63, 3.8) is 0 Å². The van der Waals surface area contributed by atoms with Crippen molar-refractivity contribution in [3.05, 3.63) is 126 Å². The van der Waals surface area contributed by atoms with Gasteiger partial charge >= 0.3 is 0 Å². The van der Waals surface area contributed by atoms with E-state index in [1.54, 1.807) is 0 Å². The fraction of sp³-hybridized carbons (Fsp3) is 0.0323. The van der Waals surface area contributed by atoms with Crippen LogP contribution in [0.15, 0.2) is 115 Å². The van der Waals surface area contributed by atoms with Crippen molar-refractivity contribution in [2.45, 2.75) is 6.61 Å². The molecule has 0 saturated heterocycles. The molecule has 4 aromatic carbocycles. The lowest BCUT2D eigenvalue weighted by Gasteiger charge is -2.12. The normalized spacial score (nSPS) is 10.4. The van der Waals surface area contributed by atoms with Crippen LogP contribution in [0.5, 0.6) is 17.2 Å². The number of rotatable bonds is 7. The summed E-state index contributed by atoms with van der Waals surface area (Å²) in [7, 11) is 0. The Morgan fingerprint density at radius 1 is 0.694 bits per heavy atom. The number of hydrogen-bond donors (Lipinski definition) is 1. The van der Waals surface area contributed by atoms with Gasteiger partial charge in [0.15, 0.2) is 0 Å². The number of hydrogen-bond acceptors (Lipinski definition) is 5. The van der Waals surface area contributed by atoms with E-state index >= 15 is 0 Å². The van der Waals surface area contributed by atoms with Crippen LogP contribution in [0.3, 0.4) is 0 Å². The lowest BCUT2D eigenvalue weighted by atomic mass is 9.98. The zero-order chi connectivity index (χ0) is 24.7. The summed E-state index contributed by atoms with van der Waals surface area (Å²) in [5.41, 5.74) is 10.7. The van der Waals surface area contributed by atoms with E-state index in [1.165, 1.54) is 0 Å². The fourth-order valence-electron chi connectivity index (χ4n) is 3.87. The van der Waals surface area contributed by atoms with Crippen LogP contribution in [0.1, 0.15) is 11.1 Å². The van der Waals surface area contributed by atoms with Crippen molar-refractivity contribution < 1.29 is 9.47 Å². The molecule has 0 amide bonds. The molecule has 2 N–H and O–H groups in total. The van der Waals surface area contributed by atoms with Crippen LogP contribution < -0.4 is 15.2 Å². The Kier molecular flexibility index (Phi) is 6.59. The van der Waals surface area contributed by atoms with Gasteiger partial charge in [0.2, 0.25) is 0 Å². The molecule has 0 aliphatic carbocycles. The summed E-state index contributed by atoms with van der Waals surface area (Å²) >= 11 is 0. The number of nitrogen functional groups attached to an aromatic ring is 1. The van der Waals surface area contributed by atoms with Crippen molar-refractivity contribution in [2.24, 2.45) is 0 Å². The Labute approximate surface area is 210 Å². The lowest BCUT2D eigenvalue weighted by molar-refractivity contribution is 0.306. The average Bonchev–Trinajstić information content (AvgIpc) is 2.93. The van der Waals surface area contributed by atoms with E-state index in [0.29, 0.717) is 29.2 Å². The van der Waals surface area contributed by atoms with Gasteiger partial charge in [-0.1, -0.05) is 60.7 Å². The molecule has 5 heteroatoms. The van der Waals surface area contributed by atoms with E-state index in [4.69, 9.17) is 15.2 Å². The minimum absolute atomic E-state index is 0.185. The Hall–Kier alpha value is -5.08. The van der Waals surface area contributed by atoms with Gasteiger partial charge in [-0.3, -0.25) is 0 Å². The Balaban J connectivity index is 1.43. The first-order valence-electron chi connectivity index (χ1n) is 11.5. The van der Waals surface area contributed by atoms with Gasteiger partial charge in [0.25, 0.3) is 0 Å². The molecule has 0 spiro atoms. The third-order valence-corrected chi connectivity index (χ3v) is 5.68. The Morgan fingerprint density at radius 2 is 1.36 bits per heavy atom. The molecule has 0 aliphatic rings. The minimum atomic E-state index is 0.185. The van der Waals surface area contributed by atoms with Crippen molar-refractivity contribution in [1.82, 2.24) is 4.98 Å². The molecular formula is C31H23N3O2. The first kappa shape index (κ1) is 22.7. The first-order chi connectivity index (χ1) is 17.7. The van der Waals surface area contributed by atoms with Crippen molar-refractivity contribution in [2.75, 3.05) is 5.73 Å². The molecule has 1 heterocycles. The largest absolute Gasteiger partial charge is 0.489 e. The number of para-hydroxylation sites is 1. The van der Waals surface area contributed by atoms with Crippen LogP contribution in [-0.4, -0.2) is 4.98 Å². The maximum atomic E-state index is 9.80. The highest BCUT2D eigenvalue weighted by molar-refractivity contribution is 5.80. The standard InChI is InChI=1S/C31H23N3O2/c32-20-29-28(24-10-7-13-27(18-24)35-21-22-8-3-1-4-9-22)19-30(34-31(29)33)23-14-16-26(17-15-23)36-25-11-5-2-6-12-25/h1-19H,21H2,(H2,33,34). The van der Waals surface area contributed by atoms with Crippen LogP contribution in [0.4, 0.5) is 5.82 Å². The van der Waals surface area contributed by atoms with Crippen molar-refractivity contribution in [1.29, 1.82) is 5.26 Å². The zero-order valence-corrected chi connectivity index (χ0v) is 19.5. The second-order valence-electron chi connectivity index (χ2n) is 8.17. The molecule has 0 aliphatic heterocycles. The third kappa shape index (κ3) is 5.19. The number of benzene rings is 4. The number of aromatic nitrogens is 1. The van der Waals surface area contributed by atoms with Gasteiger partial charge < -0.3 is 15.2 Å². The maximum absolute atomic E-state index is 9.80. The van der Waals surface area contributed by atoms with E-state index in [0.717, 1.165) is 28.2 Å². The summed E-state index contributed by atoms with van der Waals surface area (Å²) in [5.74, 6) is 2.38. The number of nitrogens with zero attached hydrogens (tertiary/aromatic N) is 2. The fourth-order valence-corrected chi connectivity index (χ4v) is 3.87. The summed E-state index contributed by atoms with van der Waals surface area (Å²) in [6, 6.07) is 39.0. The minimum Gasteiger partial charge on any atom is -0.489 e. The molecule has 0 radical (unpaired) electrons. The van der Waals surface area contributed by atoms with E-state index in [-0.39, 0.29) is 5.82 Å². The monoisotopic (exact) mass is 469 g/mol. The zero-order valence-electron chi connectivity index (χ0n) is 19.5. The molecule has 0 unspecified atom stereocenters. The molecule has 5 nitrogen and oxygen atoms in total. The predicted octanol–water partition coefficient (Wildman–Crippen LogP) is 7.24. The van der Waals surface area contributed by atoms with Crippen LogP contribution in [0, 0.1) is 11.3 Å². The van der Waals surface area contributed by atoms with Crippen LogP contribution in [-0.2, 0) is 6.61 Å². The number of pyridine rings is 1. The second kappa shape index (κ2) is 10.5. The predicted molar refractivity (Wildman–Crippen MR) is 142 cm³/mol. The summed E-state index contributed by atoms with van der Waals surface area (Å²) in [5, 5.41) is 9.80. The van der Waals surface area contributed by atoms with E-state index in [2.05, 4.69) is 11.1 Å². The third-order valence-electron chi connectivity index (χ3n) is 5.68. The molecule has 5 aromatic rings. The van der Waals surface area contributed by atoms with Gasteiger partial charge in [0.05, 0.1) is 5.69 Å². The van der Waals surface area contributed by atoms with Gasteiger partial charge in [-0.05, 0) is 65.7 Å². The molecule has 36 heavy (non-hydrogen) atoms.